The number of benzene rings is 1. The van der Waals surface area contributed by atoms with E-state index in [4.69, 9.17) is 0 Å². The molecule has 0 N–H and O–H groups in total. The predicted molar refractivity (Wildman–Crippen MR) is 65.3 cm³/mol. The topological polar surface area (TPSA) is 34.0 Å². The van der Waals surface area contributed by atoms with Crippen molar-refractivity contribution in [1.29, 1.82) is 0 Å². The van der Waals surface area contributed by atoms with Crippen LogP contribution in [0.1, 0.15) is 24.2 Å². The summed E-state index contributed by atoms with van der Waals surface area (Å²) in [5.41, 5.74) is 2.57. The van der Waals surface area contributed by atoms with Crippen molar-refractivity contribution in [1.82, 2.24) is 19.9 Å². The van der Waals surface area contributed by atoms with Crippen LogP contribution in [-0.2, 0) is 13.1 Å². The molecule has 2 aromatic rings. The SMILES string of the molecule is CC1CN(Cc2ccccc2)Cc2cnnn21. The minimum atomic E-state index is 0.407. The summed E-state index contributed by atoms with van der Waals surface area (Å²) in [6.45, 7) is 5.16. The molecule has 1 unspecified atom stereocenters. The first-order valence-electron chi connectivity index (χ1n) is 5.98. The van der Waals surface area contributed by atoms with Crippen molar-refractivity contribution in [2.75, 3.05) is 6.54 Å². The number of hydrogen-bond donors (Lipinski definition) is 0. The van der Waals surface area contributed by atoms with E-state index in [0.29, 0.717) is 6.04 Å². The summed E-state index contributed by atoms with van der Waals surface area (Å²) in [7, 11) is 0. The van der Waals surface area contributed by atoms with Crippen LogP contribution in [0.25, 0.3) is 0 Å². The van der Waals surface area contributed by atoms with Gasteiger partial charge in [-0.15, -0.1) is 5.10 Å². The zero-order valence-corrected chi connectivity index (χ0v) is 9.95. The molecule has 3 rings (SSSR count). The standard InChI is InChI=1S/C13H16N4/c1-11-8-16(9-12-5-3-2-4-6-12)10-13-7-14-15-17(11)13/h2-7,11H,8-10H2,1H3. The Bertz CT molecular complexity index is 491. The van der Waals surface area contributed by atoms with E-state index in [1.807, 2.05) is 10.9 Å². The molecule has 0 aliphatic carbocycles. The highest BCUT2D eigenvalue weighted by molar-refractivity contribution is 5.15. The predicted octanol–water partition coefficient (Wildman–Crippen LogP) is 1.85. The van der Waals surface area contributed by atoms with Crippen molar-refractivity contribution < 1.29 is 0 Å². The molecular weight excluding hydrogens is 212 g/mol. The lowest BCUT2D eigenvalue weighted by Gasteiger charge is -2.31. The molecule has 0 spiro atoms. The van der Waals surface area contributed by atoms with Gasteiger partial charge in [-0.05, 0) is 12.5 Å². The largest absolute Gasteiger partial charge is 0.291 e. The van der Waals surface area contributed by atoms with Gasteiger partial charge in [0.1, 0.15) is 0 Å². The van der Waals surface area contributed by atoms with Crippen LogP contribution in [-0.4, -0.2) is 26.4 Å². The van der Waals surface area contributed by atoms with Crippen molar-refractivity contribution in [2.24, 2.45) is 0 Å². The Kier molecular flexibility index (Phi) is 2.65. The summed E-state index contributed by atoms with van der Waals surface area (Å²) in [5, 5.41) is 8.10. The molecular formula is C13H16N4. The average Bonchev–Trinajstić information content (AvgIpc) is 2.79. The maximum absolute atomic E-state index is 4.12. The number of fused-ring (bicyclic) bond motifs is 1. The summed E-state index contributed by atoms with van der Waals surface area (Å²) >= 11 is 0. The Morgan fingerprint density at radius 2 is 2.12 bits per heavy atom. The van der Waals surface area contributed by atoms with E-state index in [9.17, 15) is 0 Å². The van der Waals surface area contributed by atoms with Crippen LogP contribution < -0.4 is 0 Å². The van der Waals surface area contributed by atoms with Crippen LogP contribution in [0.2, 0.25) is 0 Å². The lowest BCUT2D eigenvalue weighted by Crippen LogP contribution is -2.35. The van der Waals surface area contributed by atoms with Crippen LogP contribution >= 0.6 is 0 Å². The minimum Gasteiger partial charge on any atom is -0.291 e. The molecule has 2 heterocycles. The quantitative estimate of drug-likeness (QED) is 0.786. The third-order valence-corrected chi connectivity index (χ3v) is 3.22. The van der Waals surface area contributed by atoms with E-state index in [1.165, 1.54) is 11.3 Å². The minimum absolute atomic E-state index is 0.407. The fourth-order valence-electron chi connectivity index (χ4n) is 2.46. The van der Waals surface area contributed by atoms with Gasteiger partial charge < -0.3 is 0 Å². The molecule has 0 saturated heterocycles. The average molecular weight is 228 g/mol. The summed E-state index contributed by atoms with van der Waals surface area (Å²) in [6.07, 6.45) is 1.87. The fraction of sp³-hybridized carbons (Fsp3) is 0.385. The molecule has 1 aliphatic rings. The summed E-state index contributed by atoms with van der Waals surface area (Å²) < 4.78 is 2.03. The van der Waals surface area contributed by atoms with Gasteiger partial charge in [-0.1, -0.05) is 35.5 Å². The summed E-state index contributed by atoms with van der Waals surface area (Å²) in [4.78, 5) is 2.44. The summed E-state index contributed by atoms with van der Waals surface area (Å²) in [6, 6.07) is 11.0. The molecule has 0 amide bonds. The molecule has 1 aromatic heterocycles. The van der Waals surface area contributed by atoms with Gasteiger partial charge in [0, 0.05) is 19.6 Å². The fourth-order valence-corrected chi connectivity index (χ4v) is 2.46. The number of rotatable bonds is 2. The van der Waals surface area contributed by atoms with Crippen molar-refractivity contribution in [3.8, 4) is 0 Å². The van der Waals surface area contributed by atoms with E-state index < -0.39 is 0 Å². The maximum atomic E-state index is 4.12. The lowest BCUT2D eigenvalue weighted by molar-refractivity contribution is 0.174. The second-order valence-corrected chi connectivity index (χ2v) is 4.67. The van der Waals surface area contributed by atoms with Gasteiger partial charge in [-0.2, -0.15) is 0 Å². The highest BCUT2D eigenvalue weighted by atomic mass is 15.5. The van der Waals surface area contributed by atoms with E-state index >= 15 is 0 Å². The van der Waals surface area contributed by atoms with E-state index in [2.05, 4.69) is 52.5 Å². The molecule has 4 heteroatoms. The Labute approximate surface area is 101 Å². The molecule has 0 radical (unpaired) electrons. The lowest BCUT2D eigenvalue weighted by atomic mass is 10.1. The van der Waals surface area contributed by atoms with Crippen LogP contribution in [0.15, 0.2) is 36.5 Å². The molecule has 1 aliphatic heterocycles. The zero-order valence-electron chi connectivity index (χ0n) is 9.95. The van der Waals surface area contributed by atoms with Gasteiger partial charge in [-0.3, -0.25) is 4.90 Å². The number of hydrogen-bond acceptors (Lipinski definition) is 3. The Morgan fingerprint density at radius 3 is 2.94 bits per heavy atom. The van der Waals surface area contributed by atoms with Crippen LogP contribution in [0.3, 0.4) is 0 Å². The van der Waals surface area contributed by atoms with Gasteiger partial charge in [0.25, 0.3) is 0 Å². The molecule has 0 bridgehead atoms. The van der Waals surface area contributed by atoms with Crippen molar-refractivity contribution in [2.45, 2.75) is 26.1 Å². The highest BCUT2D eigenvalue weighted by Crippen LogP contribution is 2.20. The third kappa shape index (κ3) is 2.08. The van der Waals surface area contributed by atoms with Crippen molar-refractivity contribution in [3.05, 3.63) is 47.8 Å². The molecule has 17 heavy (non-hydrogen) atoms. The molecule has 0 saturated carbocycles. The number of aromatic nitrogens is 3. The number of nitrogens with zero attached hydrogens (tertiary/aromatic N) is 4. The van der Waals surface area contributed by atoms with Crippen LogP contribution in [0, 0.1) is 0 Å². The Morgan fingerprint density at radius 1 is 1.29 bits per heavy atom. The van der Waals surface area contributed by atoms with Gasteiger partial charge in [-0.25, -0.2) is 4.68 Å². The van der Waals surface area contributed by atoms with Gasteiger partial charge in [0.05, 0.1) is 17.9 Å². The third-order valence-electron chi connectivity index (χ3n) is 3.22. The molecule has 88 valence electrons. The molecule has 1 atom stereocenters. The molecule has 1 aromatic carbocycles. The van der Waals surface area contributed by atoms with Crippen LogP contribution in [0.4, 0.5) is 0 Å². The summed E-state index contributed by atoms with van der Waals surface area (Å²) in [5.74, 6) is 0. The highest BCUT2D eigenvalue weighted by Gasteiger charge is 2.22. The first kappa shape index (κ1) is 10.5. The van der Waals surface area contributed by atoms with Crippen molar-refractivity contribution >= 4 is 0 Å². The van der Waals surface area contributed by atoms with Crippen LogP contribution in [0.5, 0.6) is 0 Å². The Balaban J connectivity index is 1.76. The normalized spacial score (nSPS) is 20.2. The van der Waals surface area contributed by atoms with Crippen molar-refractivity contribution in [3.63, 3.8) is 0 Å². The first-order valence-corrected chi connectivity index (χ1v) is 5.98. The van der Waals surface area contributed by atoms with Gasteiger partial charge in [0.15, 0.2) is 0 Å². The van der Waals surface area contributed by atoms with Gasteiger partial charge in [0.2, 0.25) is 0 Å². The molecule has 0 fully saturated rings. The smallest absolute Gasteiger partial charge is 0.0738 e. The Hall–Kier alpha value is -1.68. The second kappa shape index (κ2) is 4.30. The monoisotopic (exact) mass is 228 g/mol. The maximum Gasteiger partial charge on any atom is 0.0738 e. The van der Waals surface area contributed by atoms with E-state index in [1.54, 1.807) is 0 Å². The second-order valence-electron chi connectivity index (χ2n) is 4.67. The molecule has 4 nitrogen and oxygen atoms in total. The zero-order chi connectivity index (χ0) is 11.7. The van der Waals surface area contributed by atoms with Gasteiger partial charge >= 0.3 is 0 Å². The van der Waals surface area contributed by atoms with E-state index in [0.717, 1.165) is 19.6 Å². The van der Waals surface area contributed by atoms with E-state index in [-0.39, 0.29) is 0 Å². The first-order chi connectivity index (χ1) is 8.33.